The van der Waals surface area contributed by atoms with Crippen LogP contribution in [0.2, 0.25) is 0 Å². The van der Waals surface area contributed by atoms with Crippen LogP contribution in [0.4, 0.5) is 0 Å². The first kappa shape index (κ1) is 9.40. The van der Waals surface area contributed by atoms with E-state index in [-0.39, 0.29) is 0 Å². The quantitative estimate of drug-likeness (QED) is 0.600. The van der Waals surface area contributed by atoms with Gasteiger partial charge >= 0.3 is 0 Å². The molecule has 3 fully saturated rings. The van der Waals surface area contributed by atoms with E-state index < -0.39 is 0 Å². The maximum atomic E-state index is 8.68. The summed E-state index contributed by atoms with van der Waals surface area (Å²) in [5.41, 5.74) is 0.561. The first-order chi connectivity index (χ1) is 6.07. The number of thioether (sulfide) groups is 1. The van der Waals surface area contributed by atoms with Crippen molar-refractivity contribution in [1.29, 1.82) is 5.26 Å². The van der Waals surface area contributed by atoms with Crippen LogP contribution in [0, 0.1) is 33.8 Å². The Balaban J connectivity index is 2.08. The fourth-order valence-electron chi connectivity index (χ4n) is 3.33. The summed E-state index contributed by atoms with van der Waals surface area (Å²) >= 11 is 1.50. The Morgan fingerprint density at radius 3 is 2.54 bits per heavy atom. The second-order valence-electron chi connectivity index (χ2n) is 5.20. The SMILES string of the molecule is CC1C(SC#N)CC2CC1C2(C)C. The Morgan fingerprint density at radius 2 is 2.08 bits per heavy atom. The molecule has 3 aliphatic carbocycles. The molecule has 72 valence electrons. The highest BCUT2D eigenvalue weighted by molar-refractivity contribution is 8.04. The number of hydrogen-bond acceptors (Lipinski definition) is 2. The monoisotopic (exact) mass is 195 g/mol. The normalized spacial score (nSPS) is 46.3. The molecule has 4 atom stereocenters. The fraction of sp³-hybridized carbons (Fsp3) is 0.909. The van der Waals surface area contributed by atoms with Gasteiger partial charge in [0.1, 0.15) is 5.40 Å². The molecular weight excluding hydrogens is 178 g/mol. The third kappa shape index (κ3) is 1.21. The van der Waals surface area contributed by atoms with E-state index in [2.05, 4.69) is 26.2 Å². The van der Waals surface area contributed by atoms with Crippen molar-refractivity contribution in [3.05, 3.63) is 0 Å². The van der Waals surface area contributed by atoms with Gasteiger partial charge in [-0.15, -0.1) is 0 Å². The molecule has 0 radical (unpaired) electrons. The zero-order valence-electron chi connectivity index (χ0n) is 8.58. The van der Waals surface area contributed by atoms with Crippen LogP contribution in [0.5, 0.6) is 0 Å². The number of fused-ring (bicyclic) bond motifs is 2. The fourth-order valence-corrected chi connectivity index (χ4v) is 4.19. The topological polar surface area (TPSA) is 23.8 Å². The van der Waals surface area contributed by atoms with Crippen LogP contribution in [-0.2, 0) is 0 Å². The Morgan fingerprint density at radius 1 is 1.38 bits per heavy atom. The van der Waals surface area contributed by atoms with Crippen LogP contribution in [0.1, 0.15) is 33.6 Å². The van der Waals surface area contributed by atoms with Gasteiger partial charge in [-0.25, -0.2) is 0 Å². The van der Waals surface area contributed by atoms with Crippen LogP contribution < -0.4 is 0 Å². The Labute approximate surface area is 84.9 Å². The molecule has 2 bridgehead atoms. The van der Waals surface area contributed by atoms with Crippen LogP contribution in [-0.4, -0.2) is 5.25 Å². The van der Waals surface area contributed by atoms with E-state index in [1.807, 2.05) is 0 Å². The van der Waals surface area contributed by atoms with Crippen LogP contribution in [0.3, 0.4) is 0 Å². The van der Waals surface area contributed by atoms with Crippen molar-refractivity contribution in [3.63, 3.8) is 0 Å². The highest BCUT2D eigenvalue weighted by atomic mass is 32.2. The molecule has 0 heterocycles. The predicted molar refractivity (Wildman–Crippen MR) is 56.2 cm³/mol. The van der Waals surface area contributed by atoms with Crippen LogP contribution in [0.15, 0.2) is 0 Å². The smallest absolute Gasteiger partial charge is 0.133 e. The van der Waals surface area contributed by atoms with E-state index in [0.29, 0.717) is 10.7 Å². The van der Waals surface area contributed by atoms with Gasteiger partial charge < -0.3 is 0 Å². The molecule has 3 rings (SSSR count). The molecule has 2 heteroatoms. The Kier molecular flexibility index (Phi) is 2.11. The van der Waals surface area contributed by atoms with Crippen molar-refractivity contribution < 1.29 is 0 Å². The molecule has 0 spiro atoms. The molecule has 0 N–H and O–H groups in total. The summed E-state index contributed by atoms with van der Waals surface area (Å²) in [7, 11) is 0. The van der Waals surface area contributed by atoms with Gasteiger partial charge in [0, 0.05) is 5.25 Å². The molecule has 4 unspecified atom stereocenters. The van der Waals surface area contributed by atoms with E-state index in [9.17, 15) is 0 Å². The van der Waals surface area contributed by atoms with Crippen LogP contribution in [0.25, 0.3) is 0 Å². The maximum Gasteiger partial charge on any atom is 0.133 e. The standard InChI is InChI=1S/C11H17NS/c1-7-9-4-8(11(9,2)3)5-10(7)13-6-12/h7-10H,4-5H2,1-3H3. The summed E-state index contributed by atoms with van der Waals surface area (Å²) < 4.78 is 0. The van der Waals surface area contributed by atoms with Gasteiger partial charge in [0.05, 0.1) is 0 Å². The molecule has 0 saturated heterocycles. The molecule has 13 heavy (non-hydrogen) atoms. The van der Waals surface area contributed by atoms with Gasteiger partial charge in [-0.3, -0.25) is 0 Å². The summed E-state index contributed by atoms with van der Waals surface area (Å²) in [6.07, 6.45) is 2.68. The lowest BCUT2D eigenvalue weighted by Crippen LogP contribution is -2.55. The van der Waals surface area contributed by atoms with Crippen molar-refractivity contribution in [1.82, 2.24) is 0 Å². The molecule has 0 aliphatic heterocycles. The van der Waals surface area contributed by atoms with Gasteiger partial charge in [0.2, 0.25) is 0 Å². The van der Waals surface area contributed by atoms with Gasteiger partial charge in [0.25, 0.3) is 0 Å². The zero-order chi connectivity index (χ0) is 9.64. The molecule has 1 nitrogen and oxygen atoms in total. The summed E-state index contributed by atoms with van der Waals surface area (Å²) in [4.78, 5) is 0. The molecule has 3 aliphatic rings. The summed E-state index contributed by atoms with van der Waals surface area (Å²) in [6, 6.07) is 0. The van der Waals surface area contributed by atoms with Crippen molar-refractivity contribution >= 4 is 11.8 Å². The molecular formula is C11H17NS. The highest BCUT2D eigenvalue weighted by Crippen LogP contribution is 2.62. The number of rotatable bonds is 1. The van der Waals surface area contributed by atoms with Crippen molar-refractivity contribution in [2.75, 3.05) is 0 Å². The molecule has 0 amide bonds. The van der Waals surface area contributed by atoms with E-state index in [0.717, 1.165) is 17.8 Å². The van der Waals surface area contributed by atoms with E-state index in [1.54, 1.807) is 0 Å². The lowest BCUT2D eigenvalue weighted by atomic mass is 9.46. The van der Waals surface area contributed by atoms with Gasteiger partial charge in [-0.1, -0.05) is 20.8 Å². The number of nitriles is 1. The predicted octanol–water partition coefficient (Wildman–Crippen LogP) is 3.27. The Hall–Kier alpha value is -0.160. The molecule has 0 aromatic carbocycles. The lowest BCUT2D eigenvalue weighted by molar-refractivity contribution is -0.0949. The summed E-state index contributed by atoms with van der Waals surface area (Å²) in [5.74, 6) is 2.50. The Bertz CT molecular complexity index is 253. The first-order valence-corrected chi connectivity index (χ1v) is 6.00. The minimum Gasteiger partial charge on any atom is -0.185 e. The summed E-state index contributed by atoms with van der Waals surface area (Å²) in [5, 5.41) is 11.5. The van der Waals surface area contributed by atoms with Gasteiger partial charge in [0.15, 0.2) is 0 Å². The molecule has 3 saturated carbocycles. The lowest BCUT2D eigenvalue weighted by Gasteiger charge is -2.61. The largest absolute Gasteiger partial charge is 0.185 e. The van der Waals surface area contributed by atoms with Crippen molar-refractivity contribution in [2.24, 2.45) is 23.2 Å². The second kappa shape index (κ2) is 2.92. The minimum absolute atomic E-state index is 0.561. The summed E-state index contributed by atoms with van der Waals surface area (Å²) in [6.45, 7) is 7.13. The van der Waals surface area contributed by atoms with E-state index in [1.165, 1.54) is 24.6 Å². The highest BCUT2D eigenvalue weighted by Gasteiger charge is 2.56. The van der Waals surface area contributed by atoms with Crippen LogP contribution >= 0.6 is 11.8 Å². The molecule has 0 aromatic rings. The average Bonchev–Trinajstić information content (AvgIpc) is 2.08. The van der Waals surface area contributed by atoms with Gasteiger partial charge in [-0.2, -0.15) is 5.26 Å². The van der Waals surface area contributed by atoms with E-state index >= 15 is 0 Å². The maximum absolute atomic E-state index is 8.68. The first-order valence-electron chi connectivity index (χ1n) is 5.12. The number of nitrogens with zero attached hydrogens (tertiary/aromatic N) is 1. The minimum atomic E-state index is 0.561. The van der Waals surface area contributed by atoms with E-state index in [4.69, 9.17) is 5.26 Å². The third-order valence-corrected chi connectivity index (χ3v) is 5.52. The number of thiocyanates is 1. The zero-order valence-corrected chi connectivity index (χ0v) is 9.40. The third-order valence-electron chi connectivity index (χ3n) is 4.49. The van der Waals surface area contributed by atoms with Gasteiger partial charge in [-0.05, 0) is 47.8 Å². The molecule has 0 aromatic heterocycles. The van der Waals surface area contributed by atoms with Crippen molar-refractivity contribution in [3.8, 4) is 5.40 Å². The van der Waals surface area contributed by atoms with Crippen molar-refractivity contribution in [2.45, 2.75) is 38.9 Å². The number of hydrogen-bond donors (Lipinski definition) is 0. The average molecular weight is 195 g/mol. The second-order valence-corrected chi connectivity index (χ2v) is 6.23.